The highest BCUT2D eigenvalue weighted by Gasteiger charge is 2.36. The van der Waals surface area contributed by atoms with Gasteiger partial charge in [-0.15, -0.1) is 0 Å². The molecule has 3 nitrogen and oxygen atoms in total. The fourth-order valence-electron chi connectivity index (χ4n) is 4.29. The van der Waals surface area contributed by atoms with Crippen LogP contribution in [-0.2, 0) is 4.74 Å². The molecular weight excluding hydrogens is 248 g/mol. The molecule has 4 unspecified atom stereocenters. The van der Waals surface area contributed by atoms with Crippen LogP contribution < -0.4 is 5.32 Å². The molecule has 0 aromatic heterocycles. The van der Waals surface area contributed by atoms with E-state index in [0.29, 0.717) is 6.04 Å². The number of piperidine rings is 1. The average molecular weight is 282 g/mol. The lowest BCUT2D eigenvalue weighted by molar-refractivity contribution is 0.0296. The lowest BCUT2D eigenvalue weighted by atomic mass is 9.75. The second-order valence-electron chi connectivity index (χ2n) is 7.24. The lowest BCUT2D eigenvalue weighted by Crippen LogP contribution is -2.55. The largest absolute Gasteiger partial charge is 0.384 e. The maximum absolute atomic E-state index is 5.39. The molecule has 4 atom stereocenters. The molecule has 1 heterocycles. The van der Waals surface area contributed by atoms with Crippen LogP contribution >= 0.6 is 0 Å². The molecule has 0 radical (unpaired) electrons. The topological polar surface area (TPSA) is 24.5 Å². The van der Waals surface area contributed by atoms with Gasteiger partial charge in [0.25, 0.3) is 0 Å². The predicted molar refractivity (Wildman–Crippen MR) is 85.0 cm³/mol. The van der Waals surface area contributed by atoms with Crippen molar-refractivity contribution >= 4 is 0 Å². The van der Waals surface area contributed by atoms with E-state index in [-0.39, 0.29) is 0 Å². The quantitative estimate of drug-likeness (QED) is 0.839. The summed E-state index contributed by atoms with van der Waals surface area (Å²) in [7, 11) is 3.98. The van der Waals surface area contributed by atoms with E-state index in [4.69, 9.17) is 4.74 Å². The van der Waals surface area contributed by atoms with Gasteiger partial charge in [0, 0.05) is 25.7 Å². The zero-order valence-corrected chi connectivity index (χ0v) is 13.9. The Labute approximate surface area is 125 Å². The molecule has 1 saturated heterocycles. The van der Waals surface area contributed by atoms with Crippen LogP contribution in [0.5, 0.6) is 0 Å². The highest BCUT2D eigenvalue weighted by Crippen LogP contribution is 2.34. The summed E-state index contributed by atoms with van der Waals surface area (Å²) in [5, 5.41) is 3.58. The van der Waals surface area contributed by atoms with Gasteiger partial charge < -0.3 is 10.1 Å². The number of hydrogen-bond acceptors (Lipinski definition) is 3. The molecule has 20 heavy (non-hydrogen) atoms. The molecule has 2 rings (SSSR count). The first-order chi connectivity index (χ1) is 9.65. The first-order valence-electron chi connectivity index (χ1n) is 8.56. The summed E-state index contributed by atoms with van der Waals surface area (Å²) in [6.45, 7) is 8.24. The maximum atomic E-state index is 5.39. The van der Waals surface area contributed by atoms with Crippen molar-refractivity contribution < 1.29 is 4.74 Å². The van der Waals surface area contributed by atoms with Crippen molar-refractivity contribution in [3.8, 4) is 0 Å². The van der Waals surface area contributed by atoms with Gasteiger partial charge in [0.1, 0.15) is 0 Å². The van der Waals surface area contributed by atoms with Crippen LogP contribution in [0.25, 0.3) is 0 Å². The zero-order chi connectivity index (χ0) is 14.5. The molecule has 1 N–H and O–H groups in total. The van der Waals surface area contributed by atoms with Crippen molar-refractivity contribution in [3.63, 3.8) is 0 Å². The van der Waals surface area contributed by atoms with Gasteiger partial charge in [-0.25, -0.2) is 0 Å². The highest BCUT2D eigenvalue weighted by atomic mass is 16.5. The minimum Gasteiger partial charge on any atom is -0.384 e. The lowest BCUT2D eigenvalue weighted by Gasteiger charge is -2.46. The smallest absolute Gasteiger partial charge is 0.0502 e. The molecule has 0 spiro atoms. The van der Waals surface area contributed by atoms with Crippen LogP contribution in [0.4, 0.5) is 0 Å². The number of likely N-dealkylation sites (N-methyl/N-ethyl adjacent to an activating group) is 1. The average Bonchev–Trinajstić information content (AvgIpc) is 2.47. The number of methoxy groups -OCH3 is 1. The Morgan fingerprint density at radius 3 is 2.70 bits per heavy atom. The van der Waals surface area contributed by atoms with Crippen molar-refractivity contribution in [2.45, 2.75) is 58.0 Å². The number of ether oxygens (including phenoxy) is 1. The Kier molecular flexibility index (Phi) is 6.31. The Bertz CT molecular complexity index is 280. The molecule has 118 valence electrons. The second-order valence-corrected chi connectivity index (χ2v) is 7.24. The summed E-state index contributed by atoms with van der Waals surface area (Å²) >= 11 is 0. The van der Waals surface area contributed by atoms with Crippen LogP contribution in [0, 0.1) is 17.8 Å². The van der Waals surface area contributed by atoms with Gasteiger partial charge in [-0.1, -0.05) is 13.8 Å². The number of hydrogen-bond donors (Lipinski definition) is 1. The van der Waals surface area contributed by atoms with Crippen LogP contribution in [0.1, 0.15) is 46.0 Å². The van der Waals surface area contributed by atoms with Gasteiger partial charge in [0.05, 0.1) is 6.61 Å². The monoisotopic (exact) mass is 282 g/mol. The Hall–Kier alpha value is -0.120. The van der Waals surface area contributed by atoms with Crippen molar-refractivity contribution in [1.29, 1.82) is 0 Å². The van der Waals surface area contributed by atoms with E-state index in [1.807, 2.05) is 7.11 Å². The van der Waals surface area contributed by atoms with E-state index in [0.717, 1.165) is 30.4 Å². The summed E-state index contributed by atoms with van der Waals surface area (Å²) in [6, 6.07) is 1.42. The van der Waals surface area contributed by atoms with Gasteiger partial charge >= 0.3 is 0 Å². The molecule has 3 heteroatoms. The molecule has 0 aromatic carbocycles. The minimum atomic E-state index is 0.686. The molecule has 0 bridgehead atoms. The van der Waals surface area contributed by atoms with E-state index in [9.17, 15) is 0 Å². The van der Waals surface area contributed by atoms with E-state index in [2.05, 4.69) is 31.1 Å². The molecule has 1 aliphatic carbocycles. The normalized spacial score (nSPS) is 36.5. The first-order valence-corrected chi connectivity index (χ1v) is 8.56. The molecule has 1 saturated carbocycles. The minimum absolute atomic E-state index is 0.686. The summed E-state index contributed by atoms with van der Waals surface area (Å²) in [5.41, 5.74) is 0. The third-order valence-corrected chi connectivity index (χ3v) is 5.59. The molecule has 0 amide bonds. The van der Waals surface area contributed by atoms with E-state index >= 15 is 0 Å². The molecule has 2 fully saturated rings. The number of nitrogens with one attached hydrogen (secondary N) is 1. The van der Waals surface area contributed by atoms with Crippen LogP contribution in [-0.4, -0.2) is 50.8 Å². The van der Waals surface area contributed by atoms with E-state index in [1.165, 1.54) is 45.2 Å². The van der Waals surface area contributed by atoms with Gasteiger partial charge in [0.2, 0.25) is 0 Å². The molecule has 1 aliphatic heterocycles. The molecular formula is C17H34N2O. The van der Waals surface area contributed by atoms with Crippen molar-refractivity contribution in [1.82, 2.24) is 10.2 Å². The van der Waals surface area contributed by atoms with Crippen molar-refractivity contribution in [3.05, 3.63) is 0 Å². The van der Waals surface area contributed by atoms with Gasteiger partial charge in [0.15, 0.2) is 0 Å². The second kappa shape index (κ2) is 7.77. The van der Waals surface area contributed by atoms with Gasteiger partial charge in [-0.05, 0) is 63.5 Å². The maximum Gasteiger partial charge on any atom is 0.0502 e. The van der Waals surface area contributed by atoms with Crippen LogP contribution in [0.15, 0.2) is 0 Å². The summed E-state index contributed by atoms with van der Waals surface area (Å²) in [4.78, 5) is 2.77. The molecule has 0 aromatic rings. The number of likely N-dealkylation sites (tertiary alicyclic amines) is 1. The van der Waals surface area contributed by atoms with Gasteiger partial charge in [-0.2, -0.15) is 0 Å². The highest BCUT2D eigenvalue weighted by molar-refractivity contribution is 4.93. The number of rotatable bonds is 5. The number of nitrogens with zero attached hydrogens (tertiary/aromatic N) is 1. The zero-order valence-electron chi connectivity index (χ0n) is 13.9. The molecule has 2 aliphatic rings. The fraction of sp³-hybridized carbons (Fsp3) is 1.00. The third-order valence-electron chi connectivity index (χ3n) is 5.59. The Balaban J connectivity index is 1.98. The standard InChI is InChI=1S/C17H34N2O/c1-13(2)15-7-8-16(18-3)17(10-15)19-9-5-6-14(11-19)12-20-4/h13-18H,5-12H2,1-4H3. The van der Waals surface area contributed by atoms with Crippen molar-refractivity contribution in [2.24, 2.45) is 17.8 Å². The van der Waals surface area contributed by atoms with E-state index in [1.54, 1.807) is 0 Å². The predicted octanol–water partition coefficient (Wildman–Crippen LogP) is 2.76. The van der Waals surface area contributed by atoms with Crippen LogP contribution in [0.3, 0.4) is 0 Å². The SMILES string of the molecule is CNC1CCC(C(C)C)CC1N1CCCC(COC)C1. The Morgan fingerprint density at radius 2 is 2.05 bits per heavy atom. The van der Waals surface area contributed by atoms with E-state index < -0.39 is 0 Å². The van der Waals surface area contributed by atoms with Gasteiger partial charge in [-0.3, -0.25) is 4.90 Å². The fourth-order valence-corrected chi connectivity index (χ4v) is 4.29. The summed E-state index contributed by atoms with van der Waals surface area (Å²) in [6.07, 6.45) is 6.80. The third kappa shape index (κ3) is 3.96. The van der Waals surface area contributed by atoms with Crippen LogP contribution in [0.2, 0.25) is 0 Å². The first kappa shape index (κ1) is 16.3. The summed E-state index contributed by atoms with van der Waals surface area (Å²) < 4.78 is 5.39. The van der Waals surface area contributed by atoms with Crippen molar-refractivity contribution in [2.75, 3.05) is 33.9 Å². The summed E-state index contributed by atoms with van der Waals surface area (Å²) in [5.74, 6) is 2.48. The Morgan fingerprint density at radius 1 is 1.25 bits per heavy atom.